The van der Waals surface area contributed by atoms with Crippen LogP contribution in [-0.2, 0) is 19.4 Å². The Bertz CT molecular complexity index is 1360. The van der Waals surface area contributed by atoms with E-state index in [1.165, 1.54) is 17.7 Å². The first-order valence-corrected chi connectivity index (χ1v) is 15.2. The summed E-state index contributed by atoms with van der Waals surface area (Å²) in [6.07, 6.45) is 1.47. The van der Waals surface area contributed by atoms with Gasteiger partial charge in [-0.1, -0.05) is 45.0 Å². The minimum Gasteiger partial charge on any atom is -0.390 e. The first kappa shape index (κ1) is 33.9. The van der Waals surface area contributed by atoms with Crippen molar-refractivity contribution >= 4 is 11.8 Å². The molecule has 0 saturated heterocycles. The zero-order chi connectivity index (χ0) is 31.5. The van der Waals surface area contributed by atoms with Gasteiger partial charge in [-0.05, 0) is 92.1 Å². The Hall–Kier alpha value is -3.62. The fourth-order valence-electron chi connectivity index (χ4n) is 5.17. The van der Waals surface area contributed by atoms with Crippen molar-refractivity contribution < 1.29 is 23.5 Å². The molecule has 3 atom stereocenters. The highest BCUT2D eigenvalue weighted by Gasteiger charge is 2.25. The van der Waals surface area contributed by atoms with Crippen molar-refractivity contribution in [2.24, 2.45) is 0 Å². The average Bonchev–Trinajstić information content (AvgIpc) is 2.98. The molecule has 2 amide bonds. The van der Waals surface area contributed by atoms with E-state index in [1.807, 2.05) is 44.7 Å². The van der Waals surface area contributed by atoms with E-state index in [9.17, 15) is 23.5 Å². The van der Waals surface area contributed by atoms with Gasteiger partial charge in [0, 0.05) is 42.9 Å². The SMILES string of the molecule is CCCN(C(=O)c1cc(C)cc(C(=O)N[C@@H](Cc2cc(F)cc(F)c2)[C@H](O)CNCc2cccc(CC)c2)c1)C(C)CC. The highest BCUT2D eigenvalue weighted by molar-refractivity contribution is 6.00. The molecule has 0 aliphatic carbocycles. The fourth-order valence-corrected chi connectivity index (χ4v) is 5.17. The van der Waals surface area contributed by atoms with Gasteiger partial charge >= 0.3 is 0 Å². The van der Waals surface area contributed by atoms with Crippen LogP contribution in [0.25, 0.3) is 0 Å². The first-order chi connectivity index (χ1) is 20.5. The number of carbonyl (C=O) groups excluding carboxylic acids is 2. The summed E-state index contributed by atoms with van der Waals surface area (Å²) in [6.45, 7) is 11.2. The molecule has 3 aromatic rings. The molecule has 0 aliphatic heterocycles. The topological polar surface area (TPSA) is 81.7 Å². The normalized spacial score (nSPS) is 13.3. The van der Waals surface area contributed by atoms with Crippen molar-refractivity contribution in [3.05, 3.63) is 106 Å². The maximum Gasteiger partial charge on any atom is 0.254 e. The molecule has 0 fully saturated rings. The van der Waals surface area contributed by atoms with Crippen LogP contribution in [0.1, 0.15) is 83.5 Å². The summed E-state index contributed by atoms with van der Waals surface area (Å²) < 4.78 is 28.0. The quantitative estimate of drug-likeness (QED) is 0.203. The second-order valence-corrected chi connectivity index (χ2v) is 11.3. The lowest BCUT2D eigenvalue weighted by atomic mass is 9.99. The van der Waals surface area contributed by atoms with Gasteiger partial charge in [-0.3, -0.25) is 9.59 Å². The van der Waals surface area contributed by atoms with E-state index in [2.05, 4.69) is 29.7 Å². The molecule has 0 radical (unpaired) electrons. The number of halogens is 2. The minimum absolute atomic E-state index is 0.00445. The molecule has 3 N–H and O–H groups in total. The summed E-state index contributed by atoms with van der Waals surface area (Å²) in [5.41, 5.74) is 4.01. The third-order valence-electron chi connectivity index (χ3n) is 7.68. The van der Waals surface area contributed by atoms with Gasteiger partial charge in [0.25, 0.3) is 11.8 Å². The zero-order valence-corrected chi connectivity index (χ0v) is 25.9. The van der Waals surface area contributed by atoms with Gasteiger partial charge in [-0.15, -0.1) is 0 Å². The Balaban J connectivity index is 1.82. The molecule has 8 heteroatoms. The number of aliphatic hydroxyl groups excluding tert-OH is 1. The molecule has 0 aliphatic rings. The Kier molecular flexibility index (Phi) is 12.8. The zero-order valence-electron chi connectivity index (χ0n) is 25.9. The third-order valence-corrected chi connectivity index (χ3v) is 7.68. The van der Waals surface area contributed by atoms with Crippen LogP contribution in [0.5, 0.6) is 0 Å². The number of nitrogens with one attached hydrogen (secondary N) is 2. The van der Waals surface area contributed by atoms with E-state index >= 15 is 0 Å². The molecule has 6 nitrogen and oxygen atoms in total. The predicted octanol–water partition coefficient (Wildman–Crippen LogP) is 5.98. The second-order valence-electron chi connectivity index (χ2n) is 11.3. The summed E-state index contributed by atoms with van der Waals surface area (Å²) in [7, 11) is 0. The predicted molar refractivity (Wildman–Crippen MR) is 167 cm³/mol. The summed E-state index contributed by atoms with van der Waals surface area (Å²) in [6, 6.07) is 15.5. The number of rotatable bonds is 15. The van der Waals surface area contributed by atoms with Crippen molar-refractivity contribution in [1.29, 1.82) is 0 Å². The maximum absolute atomic E-state index is 14.0. The number of hydrogen-bond donors (Lipinski definition) is 3. The molecule has 0 saturated carbocycles. The van der Waals surface area contributed by atoms with Crippen LogP contribution < -0.4 is 10.6 Å². The number of hydrogen-bond acceptors (Lipinski definition) is 4. The summed E-state index contributed by atoms with van der Waals surface area (Å²) in [5.74, 6) is -2.09. The molecule has 232 valence electrons. The lowest BCUT2D eigenvalue weighted by Gasteiger charge is -2.29. The number of carbonyl (C=O) groups is 2. The Morgan fingerprint density at radius 1 is 0.907 bits per heavy atom. The highest BCUT2D eigenvalue weighted by Crippen LogP contribution is 2.17. The molecule has 3 aromatic carbocycles. The largest absolute Gasteiger partial charge is 0.390 e. The molecular formula is C35H45F2N3O3. The van der Waals surface area contributed by atoms with E-state index in [1.54, 1.807) is 18.2 Å². The van der Waals surface area contributed by atoms with Crippen LogP contribution in [-0.4, -0.2) is 53.1 Å². The summed E-state index contributed by atoms with van der Waals surface area (Å²) in [5, 5.41) is 17.3. The van der Waals surface area contributed by atoms with Crippen LogP contribution in [0.4, 0.5) is 8.78 Å². The van der Waals surface area contributed by atoms with Crippen molar-refractivity contribution in [2.75, 3.05) is 13.1 Å². The number of nitrogens with zero attached hydrogens (tertiary/aromatic N) is 1. The van der Waals surface area contributed by atoms with E-state index in [4.69, 9.17) is 0 Å². The van der Waals surface area contributed by atoms with Crippen LogP contribution in [0.15, 0.2) is 60.7 Å². The minimum atomic E-state index is -1.07. The first-order valence-electron chi connectivity index (χ1n) is 15.2. The van der Waals surface area contributed by atoms with E-state index in [0.29, 0.717) is 24.2 Å². The Labute approximate surface area is 254 Å². The lowest BCUT2D eigenvalue weighted by molar-refractivity contribution is 0.0688. The van der Waals surface area contributed by atoms with Gasteiger partial charge in [-0.2, -0.15) is 0 Å². The molecule has 1 unspecified atom stereocenters. The van der Waals surface area contributed by atoms with Gasteiger partial charge in [-0.25, -0.2) is 8.78 Å². The molecule has 43 heavy (non-hydrogen) atoms. The van der Waals surface area contributed by atoms with Crippen molar-refractivity contribution in [3.8, 4) is 0 Å². The van der Waals surface area contributed by atoms with Crippen LogP contribution in [0.3, 0.4) is 0 Å². The van der Waals surface area contributed by atoms with Crippen LogP contribution >= 0.6 is 0 Å². The monoisotopic (exact) mass is 593 g/mol. The lowest BCUT2D eigenvalue weighted by Crippen LogP contribution is -2.48. The van der Waals surface area contributed by atoms with Crippen molar-refractivity contribution in [2.45, 2.75) is 85.0 Å². The smallest absolute Gasteiger partial charge is 0.254 e. The van der Waals surface area contributed by atoms with Gasteiger partial charge in [0.05, 0.1) is 12.1 Å². The molecule has 3 rings (SSSR count). The Morgan fingerprint density at radius 2 is 1.58 bits per heavy atom. The molecule has 0 spiro atoms. The number of aliphatic hydroxyl groups is 1. The number of amides is 2. The standard InChI is InChI=1S/C35H45F2N3O3/c1-6-12-40(24(5)7-2)35(43)29-14-23(4)13-28(19-29)34(42)39-32(18-27-16-30(36)20-31(37)17-27)33(41)22-38-21-26-11-9-10-25(8-3)15-26/h9-11,13-17,19-20,24,32-33,38,41H,6-8,12,18,21-22H2,1-5H3,(H,39,42)/t24?,32-,33+/m0/s1. The molecule has 0 heterocycles. The van der Waals surface area contributed by atoms with Crippen molar-refractivity contribution in [3.63, 3.8) is 0 Å². The van der Waals surface area contributed by atoms with Gasteiger partial charge in [0.2, 0.25) is 0 Å². The van der Waals surface area contributed by atoms with Crippen LogP contribution in [0.2, 0.25) is 0 Å². The van der Waals surface area contributed by atoms with Gasteiger partial charge in [0.1, 0.15) is 11.6 Å². The summed E-state index contributed by atoms with van der Waals surface area (Å²) in [4.78, 5) is 28.8. The van der Waals surface area contributed by atoms with E-state index in [-0.39, 0.29) is 30.5 Å². The van der Waals surface area contributed by atoms with Crippen molar-refractivity contribution in [1.82, 2.24) is 15.5 Å². The third kappa shape index (κ3) is 9.97. The fraction of sp³-hybridized carbons (Fsp3) is 0.429. The number of aryl methyl sites for hydroxylation is 2. The molecular weight excluding hydrogens is 548 g/mol. The molecule has 0 bridgehead atoms. The van der Waals surface area contributed by atoms with E-state index < -0.39 is 29.7 Å². The maximum atomic E-state index is 14.0. The average molecular weight is 594 g/mol. The highest BCUT2D eigenvalue weighted by atomic mass is 19.1. The Morgan fingerprint density at radius 3 is 2.23 bits per heavy atom. The van der Waals surface area contributed by atoms with E-state index in [0.717, 1.165) is 36.5 Å². The van der Waals surface area contributed by atoms with Crippen LogP contribution in [0, 0.1) is 18.6 Å². The van der Waals surface area contributed by atoms with Gasteiger partial charge < -0.3 is 20.6 Å². The number of benzene rings is 3. The summed E-state index contributed by atoms with van der Waals surface area (Å²) >= 11 is 0. The van der Waals surface area contributed by atoms with Gasteiger partial charge in [0.15, 0.2) is 0 Å². The second kappa shape index (κ2) is 16.3. The molecule has 0 aromatic heterocycles.